The molecule has 0 spiro atoms. The topological polar surface area (TPSA) is 38.5 Å². The molecule has 0 saturated carbocycles. The Kier molecular flexibility index (Phi) is 6.06. The summed E-state index contributed by atoms with van der Waals surface area (Å²) in [5.41, 5.74) is 5.40. The number of hydrogen-bond acceptors (Lipinski definition) is 3. The van der Waals surface area contributed by atoms with Gasteiger partial charge >= 0.3 is 6.18 Å². The predicted octanol–water partition coefficient (Wildman–Crippen LogP) is 0.844. The second-order valence-corrected chi connectivity index (χ2v) is 3.19. The first-order chi connectivity index (χ1) is 6.40. The quantitative estimate of drug-likeness (QED) is 0.712. The maximum atomic E-state index is 11.9. The predicted molar refractivity (Wildman–Crippen MR) is 48.0 cm³/mol. The van der Waals surface area contributed by atoms with Gasteiger partial charge < -0.3 is 10.5 Å². The van der Waals surface area contributed by atoms with Gasteiger partial charge in [-0.3, -0.25) is 4.90 Å². The van der Waals surface area contributed by atoms with E-state index in [0.717, 1.165) is 0 Å². The lowest BCUT2D eigenvalue weighted by molar-refractivity contribution is -0.138. The number of ether oxygens (including phenoxy) is 1. The fourth-order valence-corrected chi connectivity index (χ4v) is 1.05. The molecule has 0 fully saturated rings. The van der Waals surface area contributed by atoms with E-state index in [1.54, 1.807) is 11.9 Å². The third-order valence-electron chi connectivity index (χ3n) is 2.00. The average molecular weight is 214 g/mol. The van der Waals surface area contributed by atoms with Crippen molar-refractivity contribution in [3.63, 3.8) is 0 Å². The average Bonchev–Trinajstić information content (AvgIpc) is 2.09. The van der Waals surface area contributed by atoms with Crippen molar-refractivity contribution in [1.29, 1.82) is 0 Å². The van der Waals surface area contributed by atoms with Crippen LogP contribution in [0.2, 0.25) is 0 Å². The molecule has 0 aliphatic rings. The smallest absolute Gasteiger partial charge is 0.383 e. The van der Waals surface area contributed by atoms with Crippen LogP contribution in [0.3, 0.4) is 0 Å². The molecule has 0 saturated heterocycles. The van der Waals surface area contributed by atoms with Gasteiger partial charge in [0, 0.05) is 26.2 Å². The molecule has 0 aromatic rings. The number of alkyl halides is 3. The molecule has 3 nitrogen and oxygen atoms in total. The van der Waals surface area contributed by atoms with Crippen molar-refractivity contribution in [2.75, 3.05) is 33.9 Å². The summed E-state index contributed by atoms with van der Waals surface area (Å²) in [6.07, 6.45) is -4.93. The van der Waals surface area contributed by atoms with E-state index < -0.39 is 12.6 Å². The van der Waals surface area contributed by atoms with Gasteiger partial charge in [0.1, 0.15) is 0 Å². The van der Waals surface area contributed by atoms with Crippen molar-refractivity contribution < 1.29 is 17.9 Å². The minimum Gasteiger partial charge on any atom is -0.383 e. The summed E-state index contributed by atoms with van der Waals surface area (Å²) in [6.45, 7) is 0.599. The van der Waals surface area contributed by atoms with Gasteiger partial charge in [-0.2, -0.15) is 13.2 Å². The van der Waals surface area contributed by atoms with Gasteiger partial charge in [-0.05, 0) is 7.05 Å². The van der Waals surface area contributed by atoms with E-state index >= 15 is 0 Å². The van der Waals surface area contributed by atoms with Crippen LogP contribution < -0.4 is 5.73 Å². The normalized spacial score (nSPS) is 14.8. The van der Waals surface area contributed by atoms with E-state index in [9.17, 15) is 13.2 Å². The Hall–Kier alpha value is -0.330. The maximum Gasteiger partial charge on any atom is 0.390 e. The third kappa shape index (κ3) is 6.17. The van der Waals surface area contributed by atoms with Crippen molar-refractivity contribution in [2.24, 2.45) is 5.73 Å². The van der Waals surface area contributed by atoms with E-state index in [4.69, 9.17) is 10.5 Å². The molecule has 0 heterocycles. The lowest BCUT2D eigenvalue weighted by Gasteiger charge is -2.26. The van der Waals surface area contributed by atoms with Crippen LogP contribution in [0.4, 0.5) is 13.2 Å². The number of likely N-dealkylation sites (N-methyl/N-ethyl adjacent to an activating group) is 1. The second-order valence-electron chi connectivity index (χ2n) is 3.19. The van der Waals surface area contributed by atoms with Gasteiger partial charge in [-0.25, -0.2) is 0 Å². The standard InChI is InChI=1S/C8H17F3N2O/c1-13(4-3-8(9,10)11)7(5-12)6-14-2/h7H,3-6,12H2,1-2H3. The van der Waals surface area contributed by atoms with E-state index in [1.165, 1.54) is 7.11 Å². The van der Waals surface area contributed by atoms with E-state index in [-0.39, 0.29) is 12.6 Å². The summed E-state index contributed by atoms with van der Waals surface area (Å²) < 4.78 is 40.5. The first-order valence-corrected chi connectivity index (χ1v) is 4.36. The molecule has 0 aliphatic carbocycles. The summed E-state index contributed by atoms with van der Waals surface area (Å²) in [5.74, 6) is 0. The Morgan fingerprint density at radius 3 is 2.36 bits per heavy atom. The molecule has 0 radical (unpaired) electrons. The molecule has 6 heteroatoms. The first kappa shape index (κ1) is 13.7. The van der Waals surface area contributed by atoms with Crippen LogP contribution in [-0.4, -0.2) is 51.0 Å². The highest BCUT2D eigenvalue weighted by Gasteiger charge is 2.28. The third-order valence-corrected chi connectivity index (χ3v) is 2.00. The van der Waals surface area contributed by atoms with Gasteiger partial charge in [0.2, 0.25) is 0 Å². The van der Waals surface area contributed by atoms with Gasteiger partial charge in [-0.15, -0.1) is 0 Å². The molecule has 86 valence electrons. The number of methoxy groups -OCH3 is 1. The summed E-state index contributed by atoms with van der Waals surface area (Å²) in [4.78, 5) is 1.57. The molecule has 0 aliphatic heterocycles. The van der Waals surface area contributed by atoms with Gasteiger partial charge in [-0.1, -0.05) is 0 Å². The first-order valence-electron chi connectivity index (χ1n) is 4.36. The second kappa shape index (κ2) is 6.21. The van der Waals surface area contributed by atoms with Crippen molar-refractivity contribution in [3.05, 3.63) is 0 Å². The van der Waals surface area contributed by atoms with Gasteiger partial charge in [0.05, 0.1) is 13.0 Å². The Morgan fingerprint density at radius 1 is 1.43 bits per heavy atom. The van der Waals surface area contributed by atoms with Crippen LogP contribution in [0, 0.1) is 0 Å². The Labute approximate surface area is 82.0 Å². The molecule has 0 aromatic heterocycles. The Morgan fingerprint density at radius 2 is 2.00 bits per heavy atom. The molecule has 1 atom stereocenters. The maximum absolute atomic E-state index is 11.9. The van der Waals surface area contributed by atoms with E-state index in [2.05, 4.69) is 0 Å². The summed E-state index contributed by atoms with van der Waals surface area (Å²) >= 11 is 0. The highest BCUT2D eigenvalue weighted by Crippen LogP contribution is 2.19. The monoisotopic (exact) mass is 214 g/mol. The molecule has 0 amide bonds. The zero-order valence-corrected chi connectivity index (χ0v) is 8.47. The largest absolute Gasteiger partial charge is 0.390 e. The summed E-state index contributed by atoms with van der Waals surface area (Å²) in [6, 6.07) is -0.151. The van der Waals surface area contributed by atoms with Crippen LogP contribution in [-0.2, 0) is 4.74 Å². The van der Waals surface area contributed by atoms with E-state index in [0.29, 0.717) is 13.2 Å². The molecule has 1 unspecified atom stereocenters. The molecule has 0 bridgehead atoms. The number of hydrogen-bond donors (Lipinski definition) is 1. The number of nitrogens with zero attached hydrogens (tertiary/aromatic N) is 1. The molecular weight excluding hydrogens is 197 g/mol. The molecule has 0 rings (SSSR count). The minimum atomic E-state index is -4.11. The number of nitrogens with two attached hydrogens (primary N) is 1. The zero-order chi connectivity index (χ0) is 11.2. The van der Waals surface area contributed by atoms with Crippen LogP contribution in [0.5, 0.6) is 0 Å². The summed E-state index contributed by atoms with van der Waals surface area (Å²) in [5, 5.41) is 0. The van der Waals surface area contributed by atoms with Gasteiger partial charge in [0.25, 0.3) is 0 Å². The van der Waals surface area contributed by atoms with Crippen molar-refractivity contribution in [3.8, 4) is 0 Å². The fourth-order valence-electron chi connectivity index (χ4n) is 1.05. The molecule has 14 heavy (non-hydrogen) atoms. The molecule has 2 N–H and O–H groups in total. The van der Waals surface area contributed by atoms with Crippen LogP contribution in [0.15, 0.2) is 0 Å². The van der Waals surface area contributed by atoms with Crippen molar-refractivity contribution in [2.45, 2.75) is 18.6 Å². The zero-order valence-electron chi connectivity index (χ0n) is 8.47. The summed E-state index contributed by atoms with van der Waals surface area (Å²) in [7, 11) is 3.11. The molecule has 0 aromatic carbocycles. The lowest BCUT2D eigenvalue weighted by Crippen LogP contribution is -2.42. The van der Waals surface area contributed by atoms with Crippen molar-refractivity contribution in [1.82, 2.24) is 4.90 Å². The van der Waals surface area contributed by atoms with E-state index in [1.807, 2.05) is 0 Å². The fraction of sp³-hybridized carbons (Fsp3) is 1.00. The Balaban J connectivity index is 3.85. The minimum absolute atomic E-state index is 0.0469. The highest BCUT2D eigenvalue weighted by atomic mass is 19.4. The van der Waals surface area contributed by atoms with Crippen LogP contribution >= 0.6 is 0 Å². The highest BCUT2D eigenvalue weighted by molar-refractivity contribution is 4.69. The van der Waals surface area contributed by atoms with Gasteiger partial charge in [0.15, 0.2) is 0 Å². The van der Waals surface area contributed by atoms with Crippen molar-refractivity contribution >= 4 is 0 Å². The number of rotatable bonds is 6. The molecular formula is C8H17F3N2O. The van der Waals surface area contributed by atoms with Crippen LogP contribution in [0.1, 0.15) is 6.42 Å². The Bertz CT molecular complexity index is 152. The SMILES string of the molecule is COCC(CN)N(C)CCC(F)(F)F. The lowest BCUT2D eigenvalue weighted by atomic mass is 10.2. The number of halogens is 3. The van der Waals surface area contributed by atoms with Crippen LogP contribution in [0.25, 0.3) is 0 Å².